The first-order valence-corrected chi connectivity index (χ1v) is 5.50. The predicted molar refractivity (Wildman–Crippen MR) is 62.0 cm³/mol. The van der Waals surface area contributed by atoms with Crippen molar-refractivity contribution in [3.63, 3.8) is 0 Å². The normalized spacial score (nSPS) is 16.8. The summed E-state index contributed by atoms with van der Waals surface area (Å²) in [6.07, 6.45) is 3.93. The van der Waals surface area contributed by atoms with Crippen LogP contribution in [-0.2, 0) is 0 Å². The van der Waals surface area contributed by atoms with Gasteiger partial charge in [0.1, 0.15) is 0 Å². The van der Waals surface area contributed by atoms with Crippen molar-refractivity contribution in [1.82, 2.24) is 0 Å². The largest absolute Gasteiger partial charge is 0.370 e. The van der Waals surface area contributed by atoms with E-state index in [9.17, 15) is 0 Å². The summed E-state index contributed by atoms with van der Waals surface area (Å²) in [5.41, 5.74) is 2.23. The first-order valence-electron chi connectivity index (χ1n) is 5.12. The van der Waals surface area contributed by atoms with Crippen molar-refractivity contribution in [2.45, 2.75) is 19.3 Å². The molecule has 0 amide bonds. The van der Waals surface area contributed by atoms with E-state index in [2.05, 4.69) is 21.9 Å². The minimum atomic E-state index is 1.01. The van der Waals surface area contributed by atoms with Gasteiger partial charge in [0.2, 0.25) is 0 Å². The SMILES string of the molecule is ClNc1ccccc1N1CCCCC1. The maximum atomic E-state index is 5.67. The third-order valence-electron chi connectivity index (χ3n) is 2.70. The molecule has 1 aromatic carbocycles. The standard InChI is InChI=1S/C11H15ClN2/c12-13-10-6-2-3-7-11(10)14-8-4-1-5-9-14/h2-3,6-7,13H,1,4-5,8-9H2. The number of hydrogen-bond acceptors (Lipinski definition) is 2. The molecule has 0 unspecified atom stereocenters. The molecular weight excluding hydrogens is 196 g/mol. The van der Waals surface area contributed by atoms with Gasteiger partial charge >= 0.3 is 0 Å². The molecule has 0 radical (unpaired) electrons. The zero-order chi connectivity index (χ0) is 9.80. The number of para-hydroxylation sites is 2. The topological polar surface area (TPSA) is 15.3 Å². The highest BCUT2D eigenvalue weighted by Crippen LogP contribution is 2.28. The Kier molecular flexibility index (Phi) is 3.14. The molecule has 1 fully saturated rings. The van der Waals surface area contributed by atoms with Crippen LogP contribution in [0.3, 0.4) is 0 Å². The second kappa shape index (κ2) is 4.56. The molecule has 0 bridgehead atoms. The fourth-order valence-corrected chi connectivity index (χ4v) is 2.12. The van der Waals surface area contributed by atoms with Crippen LogP contribution in [0.1, 0.15) is 19.3 Å². The van der Waals surface area contributed by atoms with Gasteiger partial charge in [-0.25, -0.2) is 0 Å². The number of piperidine rings is 1. The monoisotopic (exact) mass is 210 g/mol. The molecule has 1 aliphatic heterocycles. The van der Waals surface area contributed by atoms with Crippen LogP contribution in [0.4, 0.5) is 11.4 Å². The number of benzene rings is 1. The molecule has 1 heterocycles. The Morgan fingerprint density at radius 2 is 1.79 bits per heavy atom. The predicted octanol–water partition coefficient (Wildman–Crippen LogP) is 3.24. The van der Waals surface area contributed by atoms with Gasteiger partial charge in [-0.1, -0.05) is 12.1 Å². The van der Waals surface area contributed by atoms with Crippen molar-refractivity contribution in [3.05, 3.63) is 24.3 Å². The van der Waals surface area contributed by atoms with Crippen molar-refractivity contribution in [2.75, 3.05) is 22.8 Å². The zero-order valence-corrected chi connectivity index (χ0v) is 8.93. The van der Waals surface area contributed by atoms with Gasteiger partial charge in [0.15, 0.2) is 0 Å². The summed E-state index contributed by atoms with van der Waals surface area (Å²) in [6.45, 7) is 2.30. The fourth-order valence-electron chi connectivity index (χ4n) is 1.96. The van der Waals surface area contributed by atoms with Gasteiger partial charge < -0.3 is 4.90 Å². The van der Waals surface area contributed by atoms with E-state index in [1.807, 2.05) is 12.1 Å². The van der Waals surface area contributed by atoms with Gasteiger partial charge in [0, 0.05) is 24.9 Å². The minimum absolute atomic E-state index is 1.01. The van der Waals surface area contributed by atoms with E-state index in [1.165, 1.54) is 24.9 Å². The molecule has 76 valence electrons. The lowest BCUT2D eigenvalue weighted by Crippen LogP contribution is -2.29. The third kappa shape index (κ3) is 1.95. The lowest BCUT2D eigenvalue weighted by atomic mass is 10.1. The van der Waals surface area contributed by atoms with E-state index in [4.69, 9.17) is 11.8 Å². The third-order valence-corrected chi connectivity index (χ3v) is 2.91. The number of halogens is 1. The van der Waals surface area contributed by atoms with Crippen LogP contribution in [0.2, 0.25) is 0 Å². The Labute approximate surface area is 90.0 Å². The maximum Gasteiger partial charge on any atom is 0.0725 e. The van der Waals surface area contributed by atoms with Crippen LogP contribution in [0.15, 0.2) is 24.3 Å². The number of nitrogens with one attached hydrogen (secondary N) is 1. The van der Waals surface area contributed by atoms with Crippen LogP contribution in [0.25, 0.3) is 0 Å². The minimum Gasteiger partial charge on any atom is -0.370 e. The molecule has 3 heteroatoms. The van der Waals surface area contributed by atoms with Gasteiger partial charge in [-0.15, -0.1) is 0 Å². The van der Waals surface area contributed by atoms with Crippen LogP contribution in [0, 0.1) is 0 Å². The van der Waals surface area contributed by atoms with E-state index in [0.29, 0.717) is 0 Å². The number of rotatable bonds is 2. The van der Waals surface area contributed by atoms with E-state index in [0.717, 1.165) is 18.8 Å². The van der Waals surface area contributed by atoms with Crippen LogP contribution in [-0.4, -0.2) is 13.1 Å². The van der Waals surface area contributed by atoms with E-state index < -0.39 is 0 Å². The van der Waals surface area contributed by atoms with Crippen molar-refractivity contribution in [3.8, 4) is 0 Å². The van der Waals surface area contributed by atoms with Gasteiger partial charge in [0.25, 0.3) is 0 Å². The molecule has 2 rings (SSSR count). The number of nitrogens with zero attached hydrogens (tertiary/aromatic N) is 1. The van der Waals surface area contributed by atoms with Crippen LogP contribution in [0.5, 0.6) is 0 Å². The molecule has 0 aromatic heterocycles. The average Bonchev–Trinajstić information content (AvgIpc) is 2.30. The van der Waals surface area contributed by atoms with Crippen LogP contribution < -0.4 is 9.74 Å². The Balaban J connectivity index is 2.20. The van der Waals surface area contributed by atoms with E-state index >= 15 is 0 Å². The summed E-state index contributed by atoms with van der Waals surface area (Å²) < 4.78 is 0. The molecule has 1 aliphatic rings. The van der Waals surface area contributed by atoms with Gasteiger partial charge in [-0.05, 0) is 31.4 Å². The Morgan fingerprint density at radius 1 is 1.07 bits per heavy atom. The average molecular weight is 211 g/mol. The quantitative estimate of drug-likeness (QED) is 0.754. The summed E-state index contributed by atoms with van der Waals surface area (Å²) in [4.78, 5) is 5.12. The fraction of sp³-hybridized carbons (Fsp3) is 0.455. The number of anilines is 2. The van der Waals surface area contributed by atoms with Crippen LogP contribution >= 0.6 is 11.8 Å². The van der Waals surface area contributed by atoms with Gasteiger partial charge in [0.05, 0.1) is 11.4 Å². The van der Waals surface area contributed by atoms with E-state index in [-0.39, 0.29) is 0 Å². The molecule has 0 aliphatic carbocycles. The van der Waals surface area contributed by atoms with Gasteiger partial charge in [-0.3, -0.25) is 4.84 Å². The summed E-state index contributed by atoms with van der Waals surface area (Å²) in [6, 6.07) is 8.19. The summed E-state index contributed by atoms with van der Waals surface area (Å²) in [5.74, 6) is 0. The van der Waals surface area contributed by atoms with Crippen molar-refractivity contribution in [2.24, 2.45) is 0 Å². The lowest BCUT2D eigenvalue weighted by molar-refractivity contribution is 0.578. The van der Waals surface area contributed by atoms with Crippen molar-refractivity contribution < 1.29 is 0 Å². The van der Waals surface area contributed by atoms with Gasteiger partial charge in [-0.2, -0.15) is 0 Å². The molecule has 2 nitrogen and oxygen atoms in total. The van der Waals surface area contributed by atoms with Crippen molar-refractivity contribution in [1.29, 1.82) is 0 Å². The highest BCUT2D eigenvalue weighted by molar-refractivity contribution is 6.24. The Morgan fingerprint density at radius 3 is 2.50 bits per heavy atom. The number of hydrogen-bond donors (Lipinski definition) is 1. The Bertz CT molecular complexity index is 295. The maximum absolute atomic E-state index is 5.67. The first-order chi connectivity index (χ1) is 6.92. The molecule has 1 saturated heterocycles. The summed E-state index contributed by atoms with van der Waals surface area (Å²) in [7, 11) is 0. The second-order valence-electron chi connectivity index (χ2n) is 3.66. The Hall–Kier alpha value is -0.890. The molecule has 1 aromatic rings. The zero-order valence-electron chi connectivity index (χ0n) is 8.17. The highest BCUT2D eigenvalue weighted by Gasteiger charge is 2.13. The van der Waals surface area contributed by atoms with E-state index in [1.54, 1.807) is 0 Å². The smallest absolute Gasteiger partial charge is 0.0725 e. The summed E-state index contributed by atoms with van der Waals surface area (Å²) in [5, 5.41) is 0. The molecule has 14 heavy (non-hydrogen) atoms. The molecule has 0 spiro atoms. The second-order valence-corrected chi connectivity index (χ2v) is 3.85. The lowest BCUT2D eigenvalue weighted by Gasteiger charge is -2.30. The first kappa shape index (κ1) is 9.66. The molecule has 0 atom stereocenters. The summed E-state index contributed by atoms with van der Waals surface area (Å²) >= 11 is 5.67. The molecular formula is C11H15ClN2. The molecule has 0 saturated carbocycles. The van der Waals surface area contributed by atoms with Crippen molar-refractivity contribution >= 4 is 23.2 Å². The molecule has 1 N–H and O–H groups in total. The highest BCUT2D eigenvalue weighted by atomic mass is 35.5.